The normalized spacial score (nSPS) is 16.4. The van der Waals surface area contributed by atoms with Crippen LogP contribution in [0.4, 0.5) is 0 Å². The molecule has 4 heteroatoms. The molecule has 0 amide bonds. The maximum Gasteiger partial charge on any atom is 0.325 e. The van der Waals surface area contributed by atoms with Crippen molar-refractivity contribution in [1.29, 1.82) is 0 Å². The van der Waals surface area contributed by atoms with E-state index in [0.717, 1.165) is 6.42 Å². The lowest BCUT2D eigenvalue weighted by Gasteiger charge is -2.26. The Morgan fingerprint density at radius 1 is 1.62 bits per heavy atom. The first-order valence-corrected chi connectivity index (χ1v) is 6.21. The average Bonchev–Trinajstić information content (AvgIpc) is 2.29. The zero-order valence-electron chi connectivity index (χ0n) is 9.80. The molecule has 0 spiro atoms. The van der Waals surface area contributed by atoms with E-state index in [2.05, 4.69) is 11.9 Å². The second-order valence-corrected chi connectivity index (χ2v) is 5.75. The van der Waals surface area contributed by atoms with E-state index in [1.54, 1.807) is 25.3 Å². The van der Waals surface area contributed by atoms with Crippen LogP contribution in [0.15, 0.2) is 24.4 Å². The molecule has 0 saturated heterocycles. The lowest BCUT2D eigenvalue weighted by atomic mass is 10.1. The molecule has 1 aromatic heterocycles. The number of carbonyl (C=O) groups is 1. The summed E-state index contributed by atoms with van der Waals surface area (Å²) in [6.45, 7) is 5.81. The number of thioether (sulfide) groups is 1. The third-order valence-corrected chi connectivity index (χ3v) is 4.16. The molecule has 0 radical (unpaired) electrons. The van der Waals surface area contributed by atoms with Crippen molar-refractivity contribution in [2.75, 3.05) is 0 Å². The van der Waals surface area contributed by atoms with Crippen molar-refractivity contribution in [3.05, 3.63) is 30.1 Å². The minimum Gasteiger partial charge on any atom is -0.480 e. The molecule has 3 nitrogen and oxygen atoms in total. The van der Waals surface area contributed by atoms with Gasteiger partial charge in [0.05, 0.1) is 5.69 Å². The molecule has 2 atom stereocenters. The van der Waals surface area contributed by atoms with Crippen molar-refractivity contribution in [3.8, 4) is 0 Å². The van der Waals surface area contributed by atoms with Crippen molar-refractivity contribution in [3.63, 3.8) is 0 Å². The smallest absolute Gasteiger partial charge is 0.325 e. The van der Waals surface area contributed by atoms with Gasteiger partial charge in [-0.05, 0) is 25.5 Å². The fourth-order valence-electron chi connectivity index (χ4n) is 1.35. The van der Waals surface area contributed by atoms with Crippen molar-refractivity contribution in [2.45, 2.75) is 37.2 Å². The molecule has 1 heterocycles. The second kappa shape index (κ2) is 5.34. The summed E-state index contributed by atoms with van der Waals surface area (Å²) in [7, 11) is 0. The predicted octanol–water partition coefficient (Wildman–Crippen LogP) is 2.91. The van der Waals surface area contributed by atoms with Crippen LogP contribution in [0.2, 0.25) is 0 Å². The zero-order chi connectivity index (χ0) is 12.2. The molecule has 0 aliphatic heterocycles. The standard InChI is InChI=1S/C12H17NO2S/c1-4-9(2)16-12(3,11(14)15)10-7-5-6-8-13-10/h5-9H,4H2,1-3H3,(H,14,15). The fraction of sp³-hybridized carbons (Fsp3) is 0.500. The summed E-state index contributed by atoms with van der Waals surface area (Å²) in [5.74, 6) is -0.837. The van der Waals surface area contributed by atoms with Crippen LogP contribution in [0.1, 0.15) is 32.9 Å². The van der Waals surface area contributed by atoms with E-state index in [9.17, 15) is 9.90 Å². The van der Waals surface area contributed by atoms with Crippen LogP contribution in [-0.4, -0.2) is 21.3 Å². The Morgan fingerprint density at radius 3 is 2.75 bits per heavy atom. The first kappa shape index (κ1) is 13.0. The van der Waals surface area contributed by atoms with E-state index in [-0.39, 0.29) is 0 Å². The molecular weight excluding hydrogens is 222 g/mol. The Bertz CT molecular complexity index is 355. The SMILES string of the molecule is CCC(C)SC(C)(C(=O)O)c1ccccn1. The number of nitrogens with zero attached hydrogens (tertiary/aromatic N) is 1. The van der Waals surface area contributed by atoms with Gasteiger partial charge < -0.3 is 5.11 Å². The van der Waals surface area contributed by atoms with E-state index in [1.165, 1.54) is 11.8 Å². The summed E-state index contributed by atoms with van der Waals surface area (Å²) in [4.78, 5) is 15.6. The second-order valence-electron chi connectivity index (χ2n) is 3.89. The monoisotopic (exact) mass is 239 g/mol. The highest BCUT2D eigenvalue weighted by atomic mass is 32.2. The Morgan fingerprint density at radius 2 is 2.31 bits per heavy atom. The Kier molecular flexibility index (Phi) is 4.35. The highest BCUT2D eigenvalue weighted by Gasteiger charge is 2.38. The summed E-state index contributed by atoms with van der Waals surface area (Å²) in [6.07, 6.45) is 2.58. The summed E-state index contributed by atoms with van der Waals surface area (Å²) < 4.78 is -0.962. The van der Waals surface area contributed by atoms with Gasteiger partial charge in [-0.25, -0.2) is 0 Å². The highest BCUT2D eigenvalue weighted by Crippen LogP contribution is 2.38. The topological polar surface area (TPSA) is 50.2 Å². The summed E-state index contributed by atoms with van der Waals surface area (Å²) in [5.41, 5.74) is 0.604. The van der Waals surface area contributed by atoms with E-state index in [0.29, 0.717) is 10.9 Å². The van der Waals surface area contributed by atoms with Gasteiger partial charge in [0, 0.05) is 11.4 Å². The molecule has 16 heavy (non-hydrogen) atoms. The van der Waals surface area contributed by atoms with Crippen molar-refractivity contribution in [1.82, 2.24) is 4.98 Å². The maximum atomic E-state index is 11.4. The number of hydrogen-bond acceptors (Lipinski definition) is 3. The predicted molar refractivity (Wildman–Crippen MR) is 66.6 cm³/mol. The first-order valence-electron chi connectivity index (χ1n) is 5.33. The molecule has 1 rings (SSSR count). The van der Waals surface area contributed by atoms with Crippen molar-refractivity contribution >= 4 is 17.7 Å². The molecule has 0 aliphatic rings. The number of aromatic nitrogens is 1. The van der Waals surface area contributed by atoms with Crippen molar-refractivity contribution < 1.29 is 9.90 Å². The van der Waals surface area contributed by atoms with Gasteiger partial charge in [-0.2, -0.15) is 0 Å². The molecule has 0 aromatic carbocycles. The van der Waals surface area contributed by atoms with Gasteiger partial charge in [-0.1, -0.05) is 19.9 Å². The molecule has 1 N–H and O–H groups in total. The molecule has 88 valence electrons. The molecule has 2 unspecified atom stereocenters. The largest absolute Gasteiger partial charge is 0.480 e. The van der Waals surface area contributed by atoms with Gasteiger partial charge in [0.2, 0.25) is 0 Å². The maximum absolute atomic E-state index is 11.4. The number of carboxylic acid groups (broad SMARTS) is 1. The van der Waals surface area contributed by atoms with Crippen LogP contribution in [0.3, 0.4) is 0 Å². The summed E-state index contributed by atoms with van der Waals surface area (Å²) in [5, 5.41) is 9.66. The molecule has 0 bridgehead atoms. The van der Waals surface area contributed by atoms with E-state index in [4.69, 9.17) is 0 Å². The quantitative estimate of drug-likeness (QED) is 0.858. The van der Waals surface area contributed by atoms with Crippen LogP contribution in [-0.2, 0) is 9.54 Å². The van der Waals surface area contributed by atoms with Crippen LogP contribution in [0.25, 0.3) is 0 Å². The number of aliphatic carboxylic acids is 1. The first-order chi connectivity index (χ1) is 7.50. The molecule has 0 fully saturated rings. The number of rotatable bonds is 5. The molecule has 1 aromatic rings. The lowest BCUT2D eigenvalue weighted by Crippen LogP contribution is -2.31. The van der Waals surface area contributed by atoms with Gasteiger partial charge in [-0.3, -0.25) is 9.78 Å². The minimum absolute atomic E-state index is 0.295. The van der Waals surface area contributed by atoms with Gasteiger partial charge in [0.1, 0.15) is 0 Å². The number of hydrogen-bond donors (Lipinski definition) is 1. The van der Waals surface area contributed by atoms with Crippen LogP contribution in [0, 0.1) is 0 Å². The van der Waals surface area contributed by atoms with Gasteiger partial charge in [0.15, 0.2) is 4.75 Å². The number of carboxylic acids is 1. The fourth-order valence-corrected chi connectivity index (χ4v) is 2.66. The summed E-state index contributed by atoms with van der Waals surface area (Å²) in [6, 6.07) is 5.38. The third-order valence-electron chi connectivity index (χ3n) is 2.57. The van der Waals surface area contributed by atoms with Gasteiger partial charge in [-0.15, -0.1) is 11.8 Å². The van der Waals surface area contributed by atoms with E-state index >= 15 is 0 Å². The van der Waals surface area contributed by atoms with Gasteiger partial charge >= 0.3 is 5.97 Å². The van der Waals surface area contributed by atoms with Gasteiger partial charge in [0.25, 0.3) is 0 Å². The zero-order valence-corrected chi connectivity index (χ0v) is 10.6. The Balaban J connectivity index is 3.02. The third kappa shape index (κ3) is 2.76. The van der Waals surface area contributed by atoms with Crippen molar-refractivity contribution in [2.24, 2.45) is 0 Å². The minimum atomic E-state index is -0.962. The van der Waals surface area contributed by atoms with E-state index < -0.39 is 10.7 Å². The highest BCUT2D eigenvalue weighted by molar-refractivity contribution is 8.01. The Labute approximate surface area is 100 Å². The molecule has 0 aliphatic carbocycles. The molecule has 0 saturated carbocycles. The van der Waals surface area contributed by atoms with E-state index in [1.807, 2.05) is 13.0 Å². The molecular formula is C12H17NO2S. The summed E-state index contributed by atoms with van der Waals surface area (Å²) >= 11 is 1.45. The lowest BCUT2D eigenvalue weighted by molar-refractivity contribution is -0.139. The van der Waals surface area contributed by atoms with Crippen LogP contribution < -0.4 is 0 Å². The van der Waals surface area contributed by atoms with Crippen LogP contribution in [0.5, 0.6) is 0 Å². The average molecular weight is 239 g/mol. The Hall–Kier alpha value is -1.03. The number of pyridine rings is 1. The van der Waals surface area contributed by atoms with Crippen LogP contribution >= 0.6 is 11.8 Å².